The Balaban J connectivity index is 1.68. The van der Waals surface area contributed by atoms with Gasteiger partial charge in [-0.1, -0.05) is 23.9 Å². The van der Waals surface area contributed by atoms with Crippen LogP contribution in [0.2, 0.25) is 0 Å². The van der Waals surface area contributed by atoms with Crippen LogP contribution in [0.4, 0.5) is 11.4 Å². The monoisotopic (exact) mass is 425 g/mol. The van der Waals surface area contributed by atoms with Crippen molar-refractivity contribution in [2.45, 2.75) is 25.5 Å². The van der Waals surface area contributed by atoms with E-state index in [1.165, 1.54) is 18.7 Å². The van der Waals surface area contributed by atoms with Crippen LogP contribution in [-0.4, -0.2) is 39.4 Å². The maximum Gasteiger partial charge on any atom is 0.234 e. The molecule has 0 unspecified atom stereocenters. The summed E-state index contributed by atoms with van der Waals surface area (Å²) in [5.41, 5.74) is 2.23. The molecule has 1 aromatic heterocycles. The Morgan fingerprint density at radius 2 is 1.83 bits per heavy atom. The topological polar surface area (TPSA) is 98.1 Å². The molecule has 9 heteroatoms. The molecule has 0 radical (unpaired) electrons. The minimum atomic E-state index is -0.136. The molecule has 0 fully saturated rings. The van der Waals surface area contributed by atoms with Crippen molar-refractivity contribution in [3.05, 3.63) is 48.5 Å². The number of thioether (sulfide) groups is 1. The summed E-state index contributed by atoms with van der Waals surface area (Å²) in [7, 11) is 1.60. The number of nitrogens with zero attached hydrogens (tertiary/aromatic N) is 3. The summed E-state index contributed by atoms with van der Waals surface area (Å²) in [6.45, 7) is 4.11. The van der Waals surface area contributed by atoms with Gasteiger partial charge in [-0.3, -0.25) is 9.59 Å². The number of hydrogen-bond donors (Lipinski definition) is 2. The maximum atomic E-state index is 12.3. The van der Waals surface area contributed by atoms with Gasteiger partial charge in [-0.2, -0.15) is 0 Å². The van der Waals surface area contributed by atoms with Crippen LogP contribution >= 0.6 is 11.8 Å². The highest BCUT2D eigenvalue weighted by Gasteiger charge is 2.15. The fourth-order valence-electron chi connectivity index (χ4n) is 2.83. The summed E-state index contributed by atoms with van der Waals surface area (Å²) in [5.74, 6) is 1.35. The molecule has 1 heterocycles. The fraction of sp³-hybridized carbons (Fsp3) is 0.238. The van der Waals surface area contributed by atoms with Crippen LogP contribution in [0.15, 0.2) is 53.7 Å². The molecule has 30 heavy (non-hydrogen) atoms. The second kappa shape index (κ2) is 9.93. The van der Waals surface area contributed by atoms with Gasteiger partial charge in [0.15, 0.2) is 11.0 Å². The molecule has 0 aliphatic heterocycles. The van der Waals surface area contributed by atoms with Crippen molar-refractivity contribution in [3.63, 3.8) is 0 Å². The number of ether oxygens (including phenoxy) is 1. The first kappa shape index (κ1) is 21.4. The average molecular weight is 426 g/mol. The Morgan fingerprint density at radius 3 is 2.50 bits per heavy atom. The molecule has 0 atom stereocenters. The molecule has 3 aromatic rings. The van der Waals surface area contributed by atoms with Crippen molar-refractivity contribution >= 4 is 35.0 Å². The number of hydrogen-bond acceptors (Lipinski definition) is 6. The highest BCUT2D eigenvalue weighted by molar-refractivity contribution is 7.99. The van der Waals surface area contributed by atoms with Gasteiger partial charge in [-0.15, -0.1) is 10.2 Å². The molecule has 2 amide bonds. The highest BCUT2D eigenvalue weighted by atomic mass is 32.2. The number of anilines is 2. The summed E-state index contributed by atoms with van der Waals surface area (Å²) < 4.78 is 7.06. The zero-order chi connectivity index (χ0) is 21.5. The third-order valence-corrected chi connectivity index (χ3v) is 5.15. The molecule has 0 saturated carbocycles. The molecular weight excluding hydrogens is 402 g/mol. The third kappa shape index (κ3) is 5.38. The van der Waals surface area contributed by atoms with E-state index in [0.29, 0.717) is 28.9 Å². The lowest BCUT2D eigenvalue weighted by atomic mass is 10.2. The number of carbonyl (C=O) groups is 2. The highest BCUT2D eigenvalue weighted by Crippen LogP contribution is 2.26. The van der Waals surface area contributed by atoms with Crippen LogP contribution in [-0.2, 0) is 16.1 Å². The Labute approximate surface area is 179 Å². The van der Waals surface area contributed by atoms with E-state index >= 15 is 0 Å². The molecule has 156 valence electrons. The van der Waals surface area contributed by atoms with Gasteiger partial charge in [0, 0.05) is 30.4 Å². The molecule has 3 rings (SSSR count). The maximum absolute atomic E-state index is 12.3. The van der Waals surface area contributed by atoms with Gasteiger partial charge in [0.1, 0.15) is 5.75 Å². The first-order chi connectivity index (χ1) is 14.5. The largest absolute Gasteiger partial charge is 0.497 e. The van der Waals surface area contributed by atoms with Crippen LogP contribution < -0.4 is 15.4 Å². The zero-order valence-corrected chi connectivity index (χ0v) is 17.8. The van der Waals surface area contributed by atoms with Crippen molar-refractivity contribution in [2.75, 3.05) is 23.5 Å². The normalized spacial score (nSPS) is 10.5. The minimum Gasteiger partial charge on any atom is -0.497 e. The standard InChI is InChI=1S/C21H23N5O3S/c1-4-26-20(15-6-5-7-17(12-15)22-14(2)27)24-25-21(26)30-13-19(28)23-16-8-10-18(29-3)11-9-16/h5-12H,4,13H2,1-3H3,(H,22,27)(H,23,28). The summed E-state index contributed by atoms with van der Waals surface area (Å²) in [5, 5.41) is 14.8. The zero-order valence-electron chi connectivity index (χ0n) is 17.0. The summed E-state index contributed by atoms with van der Waals surface area (Å²) in [6, 6.07) is 14.6. The van der Waals surface area contributed by atoms with Gasteiger partial charge in [0.05, 0.1) is 12.9 Å². The number of nitrogens with one attached hydrogen (secondary N) is 2. The number of aromatic nitrogens is 3. The van der Waals surface area contributed by atoms with E-state index in [9.17, 15) is 9.59 Å². The minimum absolute atomic E-state index is 0.134. The first-order valence-electron chi connectivity index (χ1n) is 9.38. The molecule has 2 N–H and O–H groups in total. The molecule has 0 aliphatic carbocycles. The number of rotatable bonds is 8. The predicted molar refractivity (Wildman–Crippen MR) is 118 cm³/mol. The molecule has 0 aliphatic rings. The smallest absolute Gasteiger partial charge is 0.234 e. The lowest BCUT2D eigenvalue weighted by Gasteiger charge is -2.09. The van der Waals surface area contributed by atoms with E-state index in [2.05, 4.69) is 20.8 Å². The summed E-state index contributed by atoms with van der Waals surface area (Å²) in [4.78, 5) is 23.6. The van der Waals surface area contributed by atoms with Crippen molar-refractivity contribution in [2.24, 2.45) is 0 Å². The van der Waals surface area contributed by atoms with Crippen LogP contribution in [0.25, 0.3) is 11.4 Å². The van der Waals surface area contributed by atoms with Crippen molar-refractivity contribution < 1.29 is 14.3 Å². The second-order valence-corrected chi connectivity index (χ2v) is 7.32. The SMILES string of the molecule is CCn1c(SCC(=O)Nc2ccc(OC)cc2)nnc1-c1cccc(NC(C)=O)c1. The van der Waals surface area contributed by atoms with E-state index in [1.54, 1.807) is 31.4 Å². The van der Waals surface area contributed by atoms with E-state index in [1.807, 2.05) is 35.8 Å². The summed E-state index contributed by atoms with van der Waals surface area (Å²) in [6.07, 6.45) is 0. The summed E-state index contributed by atoms with van der Waals surface area (Å²) >= 11 is 1.32. The average Bonchev–Trinajstić information content (AvgIpc) is 3.15. The van der Waals surface area contributed by atoms with Crippen LogP contribution in [0.5, 0.6) is 5.75 Å². The number of benzene rings is 2. The second-order valence-electron chi connectivity index (χ2n) is 6.38. The van der Waals surface area contributed by atoms with Crippen LogP contribution in [0.3, 0.4) is 0 Å². The van der Waals surface area contributed by atoms with E-state index in [0.717, 1.165) is 11.3 Å². The Morgan fingerprint density at radius 1 is 1.07 bits per heavy atom. The molecule has 8 nitrogen and oxygen atoms in total. The molecule has 0 spiro atoms. The van der Waals surface area contributed by atoms with Gasteiger partial charge in [-0.25, -0.2) is 0 Å². The van der Waals surface area contributed by atoms with E-state index in [-0.39, 0.29) is 17.6 Å². The molecular formula is C21H23N5O3S. The number of amides is 2. The Bertz CT molecular complexity index is 1030. The molecule has 0 saturated heterocycles. The predicted octanol–water partition coefficient (Wildman–Crippen LogP) is 3.66. The van der Waals surface area contributed by atoms with Crippen LogP contribution in [0.1, 0.15) is 13.8 Å². The third-order valence-electron chi connectivity index (χ3n) is 4.18. The molecule has 2 aromatic carbocycles. The number of methoxy groups -OCH3 is 1. The van der Waals surface area contributed by atoms with Gasteiger partial charge in [0.25, 0.3) is 0 Å². The van der Waals surface area contributed by atoms with E-state index < -0.39 is 0 Å². The van der Waals surface area contributed by atoms with Crippen molar-refractivity contribution in [1.82, 2.24) is 14.8 Å². The van der Waals surface area contributed by atoms with Crippen molar-refractivity contribution in [3.8, 4) is 17.1 Å². The quantitative estimate of drug-likeness (QED) is 0.535. The fourth-order valence-corrected chi connectivity index (χ4v) is 3.64. The van der Waals surface area contributed by atoms with E-state index in [4.69, 9.17) is 4.74 Å². The van der Waals surface area contributed by atoms with Crippen molar-refractivity contribution in [1.29, 1.82) is 0 Å². The first-order valence-corrected chi connectivity index (χ1v) is 10.4. The Hall–Kier alpha value is -3.33. The van der Waals surface area contributed by atoms with Gasteiger partial charge < -0.3 is 19.9 Å². The van der Waals surface area contributed by atoms with Gasteiger partial charge >= 0.3 is 0 Å². The Kier molecular flexibility index (Phi) is 7.08. The molecule has 0 bridgehead atoms. The lowest BCUT2D eigenvalue weighted by molar-refractivity contribution is -0.114. The lowest BCUT2D eigenvalue weighted by Crippen LogP contribution is -2.14. The number of carbonyl (C=O) groups excluding carboxylic acids is 2. The van der Waals surface area contributed by atoms with Gasteiger partial charge in [-0.05, 0) is 43.3 Å². The van der Waals surface area contributed by atoms with Crippen LogP contribution in [0, 0.1) is 0 Å². The van der Waals surface area contributed by atoms with Gasteiger partial charge in [0.2, 0.25) is 11.8 Å².